The molecule has 0 fully saturated rings. The number of nitrogens with zero attached hydrogens (tertiary/aromatic N) is 3. The van der Waals surface area contributed by atoms with Crippen LogP contribution in [0.5, 0.6) is 0 Å². The van der Waals surface area contributed by atoms with Crippen molar-refractivity contribution in [1.29, 1.82) is 0 Å². The number of rotatable bonds is 8. The summed E-state index contributed by atoms with van der Waals surface area (Å²) in [4.78, 5) is 12.2. The minimum Gasteiger partial charge on any atom is -0.383 e. The summed E-state index contributed by atoms with van der Waals surface area (Å²) in [5.41, 5.74) is 7.62. The van der Waals surface area contributed by atoms with Gasteiger partial charge in [-0.15, -0.1) is 0 Å². The molecule has 1 aliphatic heterocycles. The fraction of sp³-hybridized carbons (Fsp3) is 0.300. The number of nitrogens with two attached hydrogens (primary N) is 1. The maximum Gasteiger partial charge on any atom is 0.271 e. The summed E-state index contributed by atoms with van der Waals surface area (Å²) in [5, 5.41) is 0. The van der Waals surface area contributed by atoms with Crippen LogP contribution in [0, 0.1) is 11.6 Å². The van der Waals surface area contributed by atoms with E-state index in [1.807, 2.05) is 6.92 Å². The van der Waals surface area contributed by atoms with Crippen LogP contribution in [0.2, 0.25) is 0 Å². The molecule has 214 valence electrons. The molecule has 3 rings (SSSR count). The van der Waals surface area contributed by atoms with Crippen molar-refractivity contribution in [2.45, 2.75) is 52.9 Å². The van der Waals surface area contributed by atoms with Gasteiger partial charge >= 0.3 is 0 Å². The molecule has 0 aromatic heterocycles. The topological polar surface area (TPSA) is 63.1 Å². The van der Waals surface area contributed by atoms with E-state index in [-0.39, 0.29) is 17.0 Å². The number of aliphatic imine (C=N–C) groups is 3. The summed E-state index contributed by atoms with van der Waals surface area (Å²) >= 11 is 0. The van der Waals surface area contributed by atoms with E-state index < -0.39 is 34.6 Å². The van der Waals surface area contributed by atoms with Gasteiger partial charge in [0.2, 0.25) is 0 Å². The number of hydrogen-bond acceptors (Lipinski definition) is 3. The Morgan fingerprint density at radius 3 is 2.20 bits per heavy atom. The number of allylic oxidation sites excluding steroid dienone is 3. The minimum absolute atomic E-state index is 0.101. The lowest BCUT2D eigenvalue weighted by molar-refractivity contribution is 0.0105. The molecule has 0 amide bonds. The average Bonchev–Trinajstić information content (AvgIpc) is 2.86. The van der Waals surface area contributed by atoms with Gasteiger partial charge in [0, 0.05) is 60.1 Å². The molecule has 1 aliphatic rings. The van der Waals surface area contributed by atoms with Crippen LogP contribution in [-0.4, -0.2) is 24.3 Å². The Morgan fingerprint density at radius 2 is 1.70 bits per heavy atom. The highest BCUT2D eigenvalue weighted by Crippen LogP contribution is 2.37. The number of hydrogen-bond donors (Lipinski definition) is 1. The van der Waals surface area contributed by atoms with Crippen LogP contribution in [0.25, 0.3) is 0 Å². The van der Waals surface area contributed by atoms with Gasteiger partial charge in [-0.3, -0.25) is 15.0 Å². The van der Waals surface area contributed by atoms with Crippen molar-refractivity contribution in [2.75, 3.05) is 7.05 Å². The first-order valence-electron chi connectivity index (χ1n) is 12.3. The molecule has 0 saturated heterocycles. The molecule has 0 unspecified atom stereocenters. The third-order valence-corrected chi connectivity index (χ3v) is 5.97. The highest BCUT2D eigenvalue weighted by Gasteiger charge is 2.33. The molecule has 0 spiro atoms. The lowest BCUT2D eigenvalue weighted by atomic mass is 9.92. The summed E-state index contributed by atoms with van der Waals surface area (Å²) in [6.45, 7) is 10.4. The Labute approximate surface area is 230 Å². The number of amidine groups is 1. The highest BCUT2D eigenvalue weighted by atomic mass is 19.3. The Kier molecular flexibility index (Phi) is 10.4. The molecular weight excluding hydrogens is 530 g/mol. The lowest BCUT2D eigenvalue weighted by Crippen LogP contribution is -2.19. The van der Waals surface area contributed by atoms with Gasteiger partial charge < -0.3 is 5.73 Å². The first-order chi connectivity index (χ1) is 18.5. The Morgan fingerprint density at radius 1 is 1.07 bits per heavy atom. The van der Waals surface area contributed by atoms with Gasteiger partial charge in [0.1, 0.15) is 5.84 Å². The standard InChI is InChI=1S/C15H15F4N.C15H17F2N3/c1-4-10-8-13(20-10)11-6-5-9(14(2,16)17)7-12(11)15(3,18)19;1-5-13(9(2)15(18)19-4)20-10(3)11-7-6-8-12(16)14(11)17/h5-8H,4H2,1-3H3;5-8H,2H2,1,3-4H3,(H2,18,19)/b;13-5+,20-10?. The maximum atomic E-state index is 13.7. The average molecular weight is 563 g/mol. The van der Waals surface area contributed by atoms with E-state index in [2.05, 4.69) is 21.6 Å². The van der Waals surface area contributed by atoms with Crippen molar-refractivity contribution in [3.63, 3.8) is 0 Å². The smallest absolute Gasteiger partial charge is 0.271 e. The predicted molar refractivity (Wildman–Crippen MR) is 150 cm³/mol. The third kappa shape index (κ3) is 7.80. The predicted octanol–water partition coefficient (Wildman–Crippen LogP) is 8.23. The molecule has 0 atom stereocenters. The van der Waals surface area contributed by atoms with Crippen LogP contribution >= 0.6 is 0 Å². The quantitative estimate of drug-likeness (QED) is 0.150. The van der Waals surface area contributed by atoms with Crippen molar-refractivity contribution in [3.05, 3.63) is 106 Å². The fourth-order valence-corrected chi connectivity index (χ4v) is 3.63. The monoisotopic (exact) mass is 562 g/mol. The van der Waals surface area contributed by atoms with Crippen molar-refractivity contribution in [2.24, 2.45) is 20.7 Å². The third-order valence-electron chi connectivity index (χ3n) is 5.97. The molecular formula is C30H32F6N4. The van der Waals surface area contributed by atoms with E-state index >= 15 is 0 Å². The van der Waals surface area contributed by atoms with Crippen molar-refractivity contribution < 1.29 is 26.3 Å². The number of halogens is 6. The second-order valence-electron chi connectivity index (χ2n) is 9.08. The molecule has 10 heteroatoms. The molecule has 1 heterocycles. The summed E-state index contributed by atoms with van der Waals surface area (Å²) in [7, 11) is 1.54. The Hall–Kier alpha value is -3.95. The molecule has 0 radical (unpaired) electrons. The molecule has 4 nitrogen and oxygen atoms in total. The molecule has 0 aliphatic carbocycles. The van der Waals surface area contributed by atoms with Gasteiger partial charge in [-0.25, -0.2) is 26.3 Å². The summed E-state index contributed by atoms with van der Waals surface area (Å²) in [6, 6.07) is 7.29. The first kappa shape index (κ1) is 32.3. The maximum absolute atomic E-state index is 13.7. The molecule has 2 N–H and O–H groups in total. The van der Waals surface area contributed by atoms with E-state index in [0.717, 1.165) is 17.8 Å². The largest absolute Gasteiger partial charge is 0.383 e. The van der Waals surface area contributed by atoms with Gasteiger partial charge in [0.25, 0.3) is 11.8 Å². The minimum atomic E-state index is -3.20. The lowest BCUT2D eigenvalue weighted by Gasteiger charge is -2.22. The van der Waals surface area contributed by atoms with Gasteiger partial charge in [-0.2, -0.15) is 0 Å². The number of alkyl halides is 4. The van der Waals surface area contributed by atoms with Gasteiger partial charge in [0.15, 0.2) is 11.6 Å². The van der Waals surface area contributed by atoms with Gasteiger partial charge in [0.05, 0.1) is 11.4 Å². The van der Waals surface area contributed by atoms with E-state index in [4.69, 9.17) is 5.73 Å². The molecule has 2 aromatic rings. The first-order valence-corrected chi connectivity index (χ1v) is 12.3. The fourth-order valence-electron chi connectivity index (χ4n) is 3.63. The second kappa shape index (κ2) is 12.9. The Bertz CT molecular complexity index is 1420. The number of benzene rings is 2. The van der Waals surface area contributed by atoms with E-state index in [0.29, 0.717) is 43.0 Å². The molecule has 0 saturated carbocycles. The van der Waals surface area contributed by atoms with Crippen molar-refractivity contribution >= 4 is 17.3 Å². The molecule has 2 aromatic carbocycles. The second-order valence-corrected chi connectivity index (χ2v) is 9.08. The Balaban J connectivity index is 0.000000280. The zero-order valence-corrected chi connectivity index (χ0v) is 23.2. The highest BCUT2D eigenvalue weighted by molar-refractivity contribution is 6.14. The normalized spacial score (nSPS) is 14.6. The van der Waals surface area contributed by atoms with Gasteiger partial charge in [-0.05, 0) is 44.5 Å². The molecule has 0 bridgehead atoms. The van der Waals surface area contributed by atoms with Crippen LogP contribution in [-0.2, 0) is 11.8 Å². The van der Waals surface area contributed by atoms with E-state index in [9.17, 15) is 26.3 Å². The zero-order valence-electron chi connectivity index (χ0n) is 23.2. The van der Waals surface area contributed by atoms with Gasteiger partial charge in [-0.1, -0.05) is 37.8 Å². The summed E-state index contributed by atoms with van der Waals surface area (Å²) < 4.78 is 80.8. The SMILES string of the molecule is C=C(C(N)=NC)/C(=C\C)N=C(C)c1cccc(F)c1F.CCC1=CC(c2ccc(C(C)(F)F)cc2C(C)(F)F)=N1. The van der Waals surface area contributed by atoms with Crippen LogP contribution in [0.15, 0.2) is 87.1 Å². The van der Waals surface area contributed by atoms with Crippen molar-refractivity contribution in [3.8, 4) is 0 Å². The van der Waals surface area contributed by atoms with E-state index in [1.165, 1.54) is 31.3 Å². The van der Waals surface area contributed by atoms with Crippen LogP contribution < -0.4 is 5.73 Å². The zero-order chi connectivity index (χ0) is 30.4. The van der Waals surface area contributed by atoms with E-state index in [1.54, 1.807) is 26.0 Å². The van der Waals surface area contributed by atoms with Crippen LogP contribution in [0.4, 0.5) is 26.3 Å². The van der Waals surface area contributed by atoms with Crippen molar-refractivity contribution in [1.82, 2.24) is 0 Å². The van der Waals surface area contributed by atoms with Crippen LogP contribution in [0.1, 0.15) is 63.3 Å². The summed E-state index contributed by atoms with van der Waals surface area (Å²) in [5.74, 6) is -7.94. The molecule has 40 heavy (non-hydrogen) atoms. The van der Waals surface area contributed by atoms with Crippen LogP contribution in [0.3, 0.4) is 0 Å². The summed E-state index contributed by atoms with van der Waals surface area (Å²) in [6.07, 6.45) is 4.10.